The van der Waals surface area contributed by atoms with E-state index in [4.69, 9.17) is 14.6 Å². The van der Waals surface area contributed by atoms with E-state index in [0.717, 1.165) is 18.4 Å². The van der Waals surface area contributed by atoms with E-state index in [-0.39, 0.29) is 12.5 Å². The highest BCUT2D eigenvalue weighted by Crippen LogP contribution is 2.28. The van der Waals surface area contributed by atoms with Crippen LogP contribution in [0.4, 0.5) is 0 Å². The number of benzene rings is 1. The minimum absolute atomic E-state index is 0.0254. The van der Waals surface area contributed by atoms with Crippen molar-refractivity contribution >= 4 is 5.91 Å². The molecule has 0 saturated heterocycles. The Morgan fingerprint density at radius 1 is 1.35 bits per heavy atom. The van der Waals surface area contributed by atoms with Crippen LogP contribution in [0.25, 0.3) is 0 Å². The molecule has 20 heavy (non-hydrogen) atoms. The molecule has 0 heterocycles. The number of aliphatic hydroxyl groups excluding tert-OH is 1. The van der Waals surface area contributed by atoms with Gasteiger partial charge in [-0.05, 0) is 37.5 Å². The predicted octanol–water partition coefficient (Wildman–Crippen LogP) is 1.63. The van der Waals surface area contributed by atoms with Crippen LogP contribution in [0.1, 0.15) is 31.7 Å². The van der Waals surface area contributed by atoms with Crippen molar-refractivity contribution in [1.29, 1.82) is 0 Å². The summed E-state index contributed by atoms with van der Waals surface area (Å²) in [4.78, 5) is 11.5. The van der Waals surface area contributed by atoms with Crippen molar-refractivity contribution in [2.24, 2.45) is 0 Å². The number of aliphatic hydroxyl groups is 1. The van der Waals surface area contributed by atoms with Crippen molar-refractivity contribution in [2.75, 3.05) is 13.2 Å². The van der Waals surface area contributed by atoms with Crippen LogP contribution in [0.15, 0.2) is 18.2 Å². The number of carbonyl (C=O) groups is 1. The largest absolute Gasteiger partial charge is 0.490 e. The van der Waals surface area contributed by atoms with Crippen molar-refractivity contribution in [2.45, 2.75) is 38.8 Å². The Labute approximate surface area is 118 Å². The third-order valence-corrected chi connectivity index (χ3v) is 3.02. The van der Waals surface area contributed by atoms with Gasteiger partial charge in [-0.3, -0.25) is 4.79 Å². The normalized spacial score (nSPS) is 13.9. The highest BCUT2D eigenvalue weighted by molar-refractivity contribution is 5.76. The van der Waals surface area contributed by atoms with Crippen molar-refractivity contribution in [3.8, 4) is 11.5 Å². The molecule has 0 spiro atoms. The van der Waals surface area contributed by atoms with E-state index in [1.165, 1.54) is 0 Å². The molecule has 1 aromatic carbocycles. The van der Waals surface area contributed by atoms with E-state index >= 15 is 0 Å². The molecule has 0 bridgehead atoms. The Kier molecular flexibility index (Phi) is 5.24. The zero-order valence-corrected chi connectivity index (χ0v) is 11.7. The van der Waals surface area contributed by atoms with Crippen LogP contribution < -0.4 is 14.8 Å². The number of hydrogen-bond donors (Lipinski definition) is 2. The summed E-state index contributed by atoms with van der Waals surface area (Å²) in [5.74, 6) is 1.22. The molecule has 0 unspecified atom stereocenters. The molecule has 2 rings (SSSR count). The van der Waals surface area contributed by atoms with Crippen LogP contribution in [-0.2, 0) is 11.4 Å². The van der Waals surface area contributed by atoms with Crippen molar-refractivity contribution in [3.05, 3.63) is 23.8 Å². The lowest BCUT2D eigenvalue weighted by molar-refractivity contribution is -0.121. The number of ether oxygens (including phenoxy) is 2. The second-order valence-electron chi connectivity index (χ2n) is 4.81. The van der Waals surface area contributed by atoms with E-state index < -0.39 is 0 Å². The van der Waals surface area contributed by atoms with Crippen LogP contribution in [0.2, 0.25) is 0 Å². The fraction of sp³-hybridized carbons (Fsp3) is 0.533. The van der Waals surface area contributed by atoms with Gasteiger partial charge in [0.1, 0.15) is 0 Å². The molecule has 2 N–H and O–H groups in total. The first-order chi connectivity index (χ1) is 9.72. The highest BCUT2D eigenvalue weighted by atomic mass is 16.5. The monoisotopic (exact) mass is 279 g/mol. The highest BCUT2D eigenvalue weighted by Gasteiger charge is 2.22. The Bertz CT molecular complexity index is 457. The maximum atomic E-state index is 11.5. The number of amides is 1. The third kappa shape index (κ3) is 4.42. The maximum absolute atomic E-state index is 11.5. The van der Waals surface area contributed by atoms with Gasteiger partial charge in [0, 0.05) is 6.04 Å². The molecule has 0 aromatic heterocycles. The van der Waals surface area contributed by atoms with E-state index in [9.17, 15) is 4.79 Å². The molecule has 1 amide bonds. The van der Waals surface area contributed by atoms with Crippen LogP contribution in [-0.4, -0.2) is 30.3 Å². The van der Waals surface area contributed by atoms with Gasteiger partial charge < -0.3 is 19.9 Å². The molecule has 110 valence electrons. The van der Waals surface area contributed by atoms with Gasteiger partial charge in [-0.2, -0.15) is 0 Å². The molecule has 0 aliphatic heterocycles. The zero-order valence-electron chi connectivity index (χ0n) is 11.7. The molecule has 1 aliphatic rings. The molecule has 1 fully saturated rings. The van der Waals surface area contributed by atoms with Gasteiger partial charge in [-0.25, -0.2) is 0 Å². The molecular formula is C15H21NO4. The number of carbonyl (C=O) groups excluding carboxylic acids is 1. The van der Waals surface area contributed by atoms with Crippen molar-refractivity contribution < 1.29 is 19.4 Å². The summed E-state index contributed by atoms with van der Waals surface area (Å²) in [6.45, 7) is 2.69. The Morgan fingerprint density at radius 2 is 2.15 bits per heavy atom. The summed E-state index contributed by atoms with van der Waals surface area (Å²) in [5, 5.41) is 12.0. The average Bonchev–Trinajstić information content (AvgIpc) is 3.24. The molecule has 0 radical (unpaired) electrons. The van der Waals surface area contributed by atoms with Gasteiger partial charge in [0.2, 0.25) is 5.91 Å². The topological polar surface area (TPSA) is 67.8 Å². The third-order valence-electron chi connectivity index (χ3n) is 3.02. The number of nitrogens with one attached hydrogen (secondary N) is 1. The summed E-state index contributed by atoms with van der Waals surface area (Å²) in [5.41, 5.74) is 0.771. The van der Waals surface area contributed by atoms with E-state index in [1.807, 2.05) is 6.92 Å². The number of rotatable bonds is 8. The quantitative estimate of drug-likeness (QED) is 0.759. The van der Waals surface area contributed by atoms with Crippen molar-refractivity contribution in [3.63, 3.8) is 0 Å². The standard InChI is InChI=1S/C15H21NO4/c1-2-19-14-9-11(10-17)3-6-13(14)20-8-7-15(18)16-12-4-5-12/h3,6,9,12,17H,2,4-5,7-8,10H2,1H3,(H,16,18). The minimum atomic E-state index is -0.0376. The van der Waals surface area contributed by atoms with Gasteiger partial charge >= 0.3 is 0 Å². The van der Waals surface area contributed by atoms with Gasteiger partial charge in [-0.15, -0.1) is 0 Å². The second-order valence-corrected chi connectivity index (χ2v) is 4.81. The van der Waals surface area contributed by atoms with E-state index in [0.29, 0.717) is 37.2 Å². The predicted molar refractivity (Wildman–Crippen MR) is 74.8 cm³/mol. The smallest absolute Gasteiger partial charge is 0.223 e. The zero-order chi connectivity index (χ0) is 14.4. The summed E-state index contributed by atoms with van der Waals surface area (Å²) in [7, 11) is 0. The molecule has 5 heteroatoms. The van der Waals surface area contributed by atoms with Gasteiger partial charge in [0.15, 0.2) is 11.5 Å². The van der Waals surface area contributed by atoms with E-state index in [2.05, 4.69) is 5.32 Å². The lowest BCUT2D eigenvalue weighted by atomic mass is 10.2. The average molecular weight is 279 g/mol. The molecule has 0 atom stereocenters. The Balaban J connectivity index is 1.85. The first-order valence-electron chi connectivity index (χ1n) is 7.01. The summed E-state index contributed by atoms with van der Waals surface area (Å²) in [6, 6.07) is 5.67. The SMILES string of the molecule is CCOc1cc(CO)ccc1OCCC(=O)NC1CC1. The van der Waals surface area contributed by atoms with Crippen LogP contribution in [0, 0.1) is 0 Å². The first-order valence-corrected chi connectivity index (χ1v) is 7.01. The van der Waals surface area contributed by atoms with Gasteiger partial charge in [-0.1, -0.05) is 6.07 Å². The first kappa shape index (κ1) is 14.7. The lowest BCUT2D eigenvalue weighted by Gasteiger charge is -2.13. The fourth-order valence-electron chi connectivity index (χ4n) is 1.82. The second kappa shape index (κ2) is 7.14. The van der Waals surface area contributed by atoms with Gasteiger partial charge in [0.25, 0.3) is 0 Å². The Morgan fingerprint density at radius 3 is 2.80 bits per heavy atom. The van der Waals surface area contributed by atoms with Crippen LogP contribution in [0.5, 0.6) is 11.5 Å². The van der Waals surface area contributed by atoms with Crippen molar-refractivity contribution in [1.82, 2.24) is 5.32 Å². The fourth-order valence-corrected chi connectivity index (χ4v) is 1.82. The summed E-state index contributed by atoms with van der Waals surface area (Å²) in [6.07, 6.45) is 2.51. The molecule has 1 aliphatic carbocycles. The van der Waals surface area contributed by atoms with Crippen LogP contribution >= 0.6 is 0 Å². The number of hydrogen-bond acceptors (Lipinski definition) is 4. The molecule has 1 saturated carbocycles. The Hall–Kier alpha value is -1.75. The summed E-state index contributed by atoms with van der Waals surface area (Å²) >= 11 is 0. The maximum Gasteiger partial charge on any atom is 0.223 e. The lowest BCUT2D eigenvalue weighted by Crippen LogP contribution is -2.26. The van der Waals surface area contributed by atoms with Crippen LogP contribution in [0.3, 0.4) is 0 Å². The molecule has 5 nitrogen and oxygen atoms in total. The van der Waals surface area contributed by atoms with E-state index in [1.54, 1.807) is 18.2 Å². The molecule has 1 aromatic rings. The molecular weight excluding hydrogens is 258 g/mol. The van der Waals surface area contributed by atoms with Gasteiger partial charge in [0.05, 0.1) is 26.2 Å². The summed E-state index contributed by atoms with van der Waals surface area (Å²) < 4.78 is 11.1. The minimum Gasteiger partial charge on any atom is -0.490 e.